The van der Waals surface area contributed by atoms with Crippen molar-refractivity contribution in [2.24, 2.45) is 0 Å². The van der Waals surface area contributed by atoms with Crippen LogP contribution in [0.5, 0.6) is 17.2 Å². The largest absolute Gasteiger partial charge is 0.496 e. The molecular formula is C19H16N2O3S. The highest BCUT2D eigenvalue weighted by Crippen LogP contribution is 2.37. The number of allylic oxidation sites excluding steroid dienone is 1. The average molecular weight is 352 g/mol. The molecule has 0 atom stereocenters. The van der Waals surface area contributed by atoms with E-state index in [1.807, 2.05) is 24.3 Å². The number of hydrogen-bond donors (Lipinski definition) is 0. The highest BCUT2D eigenvalue weighted by molar-refractivity contribution is 7.19. The average Bonchev–Trinajstić information content (AvgIpc) is 3.09. The summed E-state index contributed by atoms with van der Waals surface area (Å²) in [4.78, 5) is 4.54. The molecule has 0 radical (unpaired) electrons. The topological polar surface area (TPSA) is 64.4 Å². The summed E-state index contributed by atoms with van der Waals surface area (Å²) >= 11 is 1.48. The smallest absolute Gasteiger partial charge is 0.164 e. The fourth-order valence-corrected chi connectivity index (χ4v) is 3.38. The second kappa shape index (κ2) is 7.24. The molecule has 5 nitrogen and oxygen atoms in total. The minimum Gasteiger partial charge on any atom is -0.496 e. The highest BCUT2D eigenvalue weighted by atomic mass is 32.1. The van der Waals surface area contributed by atoms with Gasteiger partial charge < -0.3 is 14.2 Å². The summed E-state index contributed by atoms with van der Waals surface area (Å²) in [5.74, 6) is 1.72. The molecule has 0 N–H and O–H groups in total. The van der Waals surface area contributed by atoms with Gasteiger partial charge in [-0.05, 0) is 24.3 Å². The van der Waals surface area contributed by atoms with Crippen LogP contribution in [0.2, 0.25) is 0 Å². The van der Waals surface area contributed by atoms with Crippen molar-refractivity contribution in [1.82, 2.24) is 4.98 Å². The van der Waals surface area contributed by atoms with Gasteiger partial charge in [-0.1, -0.05) is 12.1 Å². The van der Waals surface area contributed by atoms with E-state index in [1.54, 1.807) is 39.5 Å². The summed E-state index contributed by atoms with van der Waals surface area (Å²) in [6.45, 7) is 0. The molecule has 0 bridgehead atoms. The van der Waals surface area contributed by atoms with Crippen molar-refractivity contribution >= 4 is 33.2 Å². The summed E-state index contributed by atoms with van der Waals surface area (Å²) in [5, 5.41) is 10.3. The number of nitrogens with zero attached hydrogens (tertiary/aromatic N) is 2. The molecule has 0 aliphatic rings. The monoisotopic (exact) mass is 352 g/mol. The van der Waals surface area contributed by atoms with Gasteiger partial charge in [0.1, 0.15) is 16.8 Å². The molecule has 1 heterocycles. The third-order valence-electron chi connectivity index (χ3n) is 3.68. The number of thiazole rings is 1. The van der Waals surface area contributed by atoms with Gasteiger partial charge in [0.05, 0.1) is 37.1 Å². The van der Waals surface area contributed by atoms with E-state index in [1.165, 1.54) is 11.3 Å². The van der Waals surface area contributed by atoms with Gasteiger partial charge in [-0.3, -0.25) is 0 Å². The molecule has 0 saturated heterocycles. The fourth-order valence-electron chi connectivity index (χ4n) is 2.45. The van der Waals surface area contributed by atoms with Crippen molar-refractivity contribution in [3.05, 3.63) is 47.0 Å². The lowest BCUT2D eigenvalue weighted by molar-refractivity contribution is 0.348. The number of methoxy groups -OCH3 is 3. The van der Waals surface area contributed by atoms with Crippen LogP contribution in [0.15, 0.2) is 36.4 Å². The minimum absolute atomic E-state index is 0.465. The van der Waals surface area contributed by atoms with Crippen LogP contribution in [-0.4, -0.2) is 26.3 Å². The lowest BCUT2D eigenvalue weighted by atomic mass is 10.1. The molecule has 0 aliphatic heterocycles. The molecule has 0 aliphatic carbocycles. The summed E-state index contributed by atoms with van der Waals surface area (Å²) in [7, 11) is 4.70. The Morgan fingerprint density at radius 1 is 1.04 bits per heavy atom. The lowest BCUT2D eigenvalue weighted by Gasteiger charge is -2.12. The molecule has 0 unspecified atom stereocenters. The Hall–Kier alpha value is -3.04. The van der Waals surface area contributed by atoms with Crippen LogP contribution in [0.1, 0.15) is 10.6 Å². The van der Waals surface area contributed by atoms with Crippen molar-refractivity contribution in [2.75, 3.05) is 21.3 Å². The number of fused-ring (bicyclic) bond motifs is 1. The molecule has 2 aromatic carbocycles. The van der Waals surface area contributed by atoms with Crippen LogP contribution < -0.4 is 14.2 Å². The van der Waals surface area contributed by atoms with Gasteiger partial charge in [-0.2, -0.15) is 5.26 Å². The van der Waals surface area contributed by atoms with Crippen LogP contribution >= 0.6 is 11.3 Å². The first-order chi connectivity index (χ1) is 12.2. The molecule has 0 spiro atoms. The molecule has 1 aromatic heterocycles. The fraction of sp³-hybridized carbons (Fsp3) is 0.158. The third-order valence-corrected chi connectivity index (χ3v) is 4.75. The molecule has 6 heteroatoms. The Morgan fingerprint density at radius 2 is 1.72 bits per heavy atom. The second-order valence-electron chi connectivity index (χ2n) is 5.11. The predicted molar refractivity (Wildman–Crippen MR) is 99.2 cm³/mol. The standard InChI is InChI=1S/C19H16N2O3S/c1-22-15-10-17(24-3)16(23-2)9-12(15)8-13(11-20)19-21-14-6-4-5-7-18(14)25-19/h4-10H,1-3H3. The Balaban J connectivity index is 2.12. The Morgan fingerprint density at radius 3 is 2.36 bits per heavy atom. The van der Waals surface area contributed by atoms with Crippen LogP contribution in [0.3, 0.4) is 0 Å². The number of ether oxygens (including phenoxy) is 3. The van der Waals surface area contributed by atoms with Gasteiger partial charge in [-0.25, -0.2) is 4.98 Å². The number of hydrogen-bond acceptors (Lipinski definition) is 6. The Bertz CT molecular complexity index is 953. The maximum atomic E-state index is 9.61. The first-order valence-electron chi connectivity index (χ1n) is 7.48. The molecular weight excluding hydrogens is 336 g/mol. The minimum atomic E-state index is 0.465. The molecule has 0 amide bonds. The maximum Gasteiger partial charge on any atom is 0.164 e. The van der Waals surface area contributed by atoms with Gasteiger partial charge in [0.15, 0.2) is 11.5 Å². The normalized spacial score (nSPS) is 11.2. The number of benzene rings is 2. The maximum absolute atomic E-state index is 9.61. The summed E-state index contributed by atoms with van der Waals surface area (Å²) in [6, 6.07) is 13.5. The number of aromatic nitrogens is 1. The van der Waals surface area contributed by atoms with E-state index in [-0.39, 0.29) is 0 Å². The second-order valence-corrected chi connectivity index (χ2v) is 6.14. The number of nitriles is 1. The van der Waals surface area contributed by atoms with Crippen molar-refractivity contribution in [3.8, 4) is 23.3 Å². The van der Waals surface area contributed by atoms with Gasteiger partial charge in [-0.15, -0.1) is 11.3 Å². The van der Waals surface area contributed by atoms with Gasteiger partial charge in [0, 0.05) is 11.6 Å². The van der Waals surface area contributed by atoms with Gasteiger partial charge in [0.25, 0.3) is 0 Å². The van der Waals surface area contributed by atoms with Crippen molar-refractivity contribution in [1.29, 1.82) is 5.26 Å². The highest BCUT2D eigenvalue weighted by Gasteiger charge is 2.14. The zero-order valence-electron chi connectivity index (χ0n) is 14.1. The van der Waals surface area contributed by atoms with Crippen molar-refractivity contribution < 1.29 is 14.2 Å². The predicted octanol–water partition coefficient (Wildman–Crippen LogP) is 4.39. The molecule has 3 aromatic rings. The number of rotatable bonds is 5. The van der Waals surface area contributed by atoms with Crippen molar-refractivity contribution in [2.45, 2.75) is 0 Å². The van der Waals surface area contributed by atoms with E-state index in [4.69, 9.17) is 14.2 Å². The van der Waals surface area contributed by atoms with Crippen molar-refractivity contribution in [3.63, 3.8) is 0 Å². The molecule has 0 saturated carbocycles. The zero-order chi connectivity index (χ0) is 17.8. The summed E-state index contributed by atoms with van der Waals surface area (Å²) < 4.78 is 17.1. The lowest BCUT2D eigenvalue weighted by Crippen LogP contribution is -1.95. The van der Waals surface area contributed by atoms with Crippen LogP contribution in [-0.2, 0) is 0 Å². The van der Waals surface area contributed by atoms with E-state index in [2.05, 4.69) is 11.1 Å². The molecule has 0 fully saturated rings. The van der Waals surface area contributed by atoms with E-state index in [0.717, 1.165) is 15.8 Å². The number of para-hydroxylation sites is 1. The first-order valence-corrected chi connectivity index (χ1v) is 8.29. The van der Waals surface area contributed by atoms with E-state index in [0.29, 0.717) is 27.8 Å². The first kappa shape index (κ1) is 16.8. The molecule has 126 valence electrons. The van der Waals surface area contributed by atoms with Crippen LogP contribution in [0.4, 0.5) is 0 Å². The molecule has 25 heavy (non-hydrogen) atoms. The third kappa shape index (κ3) is 3.28. The van der Waals surface area contributed by atoms with E-state index >= 15 is 0 Å². The summed E-state index contributed by atoms with van der Waals surface area (Å²) in [5.41, 5.74) is 2.06. The summed E-state index contributed by atoms with van der Waals surface area (Å²) in [6.07, 6.45) is 1.75. The Labute approximate surface area is 149 Å². The van der Waals surface area contributed by atoms with Crippen LogP contribution in [0, 0.1) is 11.3 Å². The molecule has 3 rings (SSSR count). The zero-order valence-corrected chi connectivity index (χ0v) is 14.9. The Kier molecular flexibility index (Phi) is 4.87. The van der Waals surface area contributed by atoms with E-state index < -0.39 is 0 Å². The SMILES string of the molecule is COc1cc(OC)c(OC)cc1C=C(C#N)c1nc2ccccc2s1. The quantitative estimate of drug-likeness (QED) is 0.637. The van der Waals surface area contributed by atoms with Crippen LogP contribution in [0.25, 0.3) is 21.9 Å². The van der Waals surface area contributed by atoms with Gasteiger partial charge in [0.2, 0.25) is 0 Å². The van der Waals surface area contributed by atoms with E-state index in [9.17, 15) is 5.26 Å². The van der Waals surface area contributed by atoms with Gasteiger partial charge >= 0.3 is 0 Å².